The molecule has 0 radical (unpaired) electrons. The second-order valence-electron chi connectivity index (χ2n) is 5.42. The molecule has 0 aromatic rings. The van der Waals surface area contributed by atoms with Gasteiger partial charge in [0.1, 0.15) is 0 Å². The first-order valence-electron chi connectivity index (χ1n) is 5.54. The first-order chi connectivity index (χ1) is 6.49. The van der Waals surface area contributed by atoms with Crippen molar-refractivity contribution in [2.45, 2.75) is 52.2 Å². The molecule has 0 heterocycles. The Labute approximate surface area is 88.0 Å². The second-order valence-corrected chi connectivity index (χ2v) is 5.42. The lowest BCUT2D eigenvalue weighted by molar-refractivity contribution is -0.0826. The minimum Gasteiger partial charge on any atom is -0.379 e. The molecule has 1 aliphatic carbocycles. The van der Waals surface area contributed by atoms with Crippen LogP contribution in [0, 0.1) is 11.3 Å². The highest BCUT2D eigenvalue weighted by Crippen LogP contribution is 2.39. The van der Waals surface area contributed by atoms with Gasteiger partial charge in [-0.2, -0.15) is 0 Å². The molecular formula is C12H24O2. The third-order valence-electron chi connectivity index (χ3n) is 3.56. The summed E-state index contributed by atoms with van der Waals surface area (Å²) in [6.07, 6.45) is 4.13. The number of ether oxygens (including phenoxy) is 2. The molecule has 14 heavy (non-hydrogen) atoms. The fourth-order valence-electron chi connectivity index (χ4n) is 2.41. The van der Waals surface area contributed by atoms with Crippen molar-refractivity contribution in [1.29, 1.82) is 0 Å². The first kappa shape index (κ1) is 12.0. The summed E-state index contributed by atoms with van der Waals surface area (Å²) >= 11 is 0. The highest BCUT2D eigenvalue weighted by Gasteiger charge is 2.35. The summed E-state index contributed by atoms with van der Waals surface area (Å²) in [5.41, 5.74) is 0.398. The predicted octanol–water partition coefficient (Wildman–Crippen LogP) is 2.86. The van der Waals surface area contributed by atoms with Gasteiger partial charge < -0.3 is 9.47 Å². The van der Waals surface area contributed by atoms with Crippen molar-refractivity contribution in [2.24, 2.45) is 11.3 Å². The lowest BCUT2D eigenvalue weighted by Crippen LogP contribution is -2.40. The van der Waals surface area contributed by atoms with E-state index in [4.69, 9.17) is 9.47 Å². The lowest BCUT2D eigenvalue weighted by Gasteiger charge is -2.40. The molecule has 0 aromatic heterocycles. The highest BCUT2D eigenvalue weighted by molar-refractivity contribution is 4.86. The van der Waals surface area contributed by atoms with E-state index in [9.17, 15) is 0 Å². The van der Waals surface area contributed by atoms with Crippen LogP contribution in [0.3, 0.4) is 0 Å². The van der Waals surface area contributed by atoms with Gasteiger partial charge in [0, 0.05) is 14.2 Å². The summed E-state index contributed by atoms with van der Waals surface area (Å²) in [6, 6.07) is 0. The maximum atomic E-state index is 5.50. The Balaban J connectivity index is 2.57. The topological polar surface area (TPSA) is 18.5 Å². The zero-order valence-electron chi connectivity index (χ0n) is 10.2. The summed E-state index contributed by atoms with van der Waals surface area (Å²) in [4.78, 5) is 0. The minimum atomic E-state index is 0.290. The van der Waals surface area contributed by atoms with Crippen LogP contribution in [0.4, 0.5) is 0 Å². The van der Waals surface area contributed by atoms with Crippen LogP contribution in [-0.2, 0) is 9.47 Å². The molecule has 3 atom stereocenters. The first-order valence-corrected chi connectivity index (χ1v) is 5.54. The molecule has 1 rings (SSSR count). The molecule has 1 saturated carbocycles. The van der Waals surface area contributed by atoms with Crippen LogP contribution in [-0.4, -0.2) is 26.4 Å². The average molecular weight is 200 g/mol. The normalized spacial score (nSPS) is 34.5. The van der Waals surface area contributed by atoms with Crippen molar-refractivity contribution in [3.8, 4) is 0 Å². The van der Waals surface area contributed by atoms with Gasteiger partial charge in [-0.15, -0.1) is 0 Å². The predicted molar refractivity (Wildman–Crippen MR) is 58.4 cm³/mol. The summed E-state index contributed by atoms with van der Waals surface area (Å²) in [5.74, 6) is 0.763. The Kier molecular flexibility index (Phi) is 3.96. The van der Waals surface area contributed by atoms with Crippen molar-refractivity contribution in [3.63, 3.8) is 0 Å². The molecule has 0 aliphatic heterocycles. The summed E-state index contributed by atoms with van der Waals surface area (Å²) in [6.45, 7) is 6.95. The largest absolute Gasteiger partial charge is 0.379 e. The number of methoxy groups -OCH3 is 2. The quantitative estimate of drug-likeness (QED) is 0.682. The molecule has 2 heteroatoms. The summed E-state index contributed by atoms with van der Waals surface area (Å²) < 4.78 is 10.9. The van der Waals surface area contributed by atoms with Crippen LogP contribution in [0.5, 0.6) is 0 Å². The van der Waals surface area contributed by atoms with Crippen LogP contribution in [0.2, 0.25) is 0 Å². The fourth-order valence-corrected chi connectivity index (χ4v) is 2.41. The standard InChI is InChI=1S/C12H24O2/c1-12(2,3)9-6-7-10(13-4)11(8-9)14-5/h9-11H,6-8H2,1-5H3. The van der Waals surface area contributed by atoms with E-state index in [-0.39, 0.29) is 6.10 Å². The minimum absolute atomic E-state index is 0.290. The monoisotopic (exact) mass is 200 g/mol. The maximum absolute atomic E-state index is 5.50. The molecule has 1 fully saturated rings. The van der Waals surface area contributed by atoms with Gasteiger partial charge in [-0.3, -0.25) is 0 Å². The number of hydrogen-bond acceptors (Lipinski definition) is 2. The third-order valence-corrected chi connectivity index (χ3v) is 3.56. The van der Waals surface area contributed by atoms with Crippen molar-refractivity contribution in [1.82, 2.24) is 0 Å². The molecular weight excluding hydrogens is 176 g/mol. The van der Waals surface area contributed by atoms with E-state index in [2.05, 4.69) is 20.8 Å². The van der Waals surface area contributed by atoms with Crippen molar-refractivity contribution >= 4 is 0 Å². The zero-order valence-corrected chi connectivity index (χ0v) is 10.2. The van der Waals surface area contributed by atoms with Gasteiger partial charge in [-0.1, -0.05) is 20.8 Å². The second kappa shape index (κ2) is 4.63. The molecule has 0 bridgehead atoms. The van der Waals surface area contributed by atoms with Gasteiger partial charge in [0.25, 0.3) is 0 Å². The SMILES string of the molecule is COC1CCC(C(C)(C)C)CC1OC. The molecule has 2 nitrogen and oxygen atoms in total. The van der Waals surface area contributed by atoms with E-state index < -0.39 is 0 Å². The van der Waals surface area contributed by atoms with E-state index in [1.54, 1.807) is 14.2 Å². The van der Waals surface area contributed by atoms with Gasteiger partial charge in [0.2, 0.25) is 0 Å². The van der Waals surface area contributed by atoms with Crippen LogP contribution < -0.4 is 0 Å². The maximum Gasteiger partial charge on any atom is 0.0835 e. The van der Waals surface area contributed by atoms with Crippen molar-refractivity contribution in [3.05, 3.63) is 0 Å². The van der Waals surface area contributed by atoms with Crippen LogP contribution >= 0.6 is 0 Å². The number of rotatable bonds is 2. The van der Waals surface area contributed by atoms with Crippen molar-refractivity contribution in [2.75, 3.05) is 14.2 Å². The Morgan fingerprint density at radius 3 is 1.93 bits per heavy atom. The van der Waals surface area contributed by atoms with Crippen LogP contribution in [0.25, 0.3) is 0 Å². The fraction of sp³-hybridized carbons (Fsp3) is 1.00. The van der Waals surface area contributed by atoms with E-state index in [0.717, 1.165) is 18.8 Å². The van der Waals surface area contributed by atoms with Gasteiger partial charge in [-0.05, 0) is 30.6 Å². The molecule has 0 amide bonds. The highest BCUT2D eigenvalue weighted by atomic mass is 16.5. The molecule has 0 saturated heterocycles. The van der Waals surface area contributed by atoms with E-state index in [1.165, 1.54) is 6.42 Å². The smallest absolute Gasteiger partial charge is 0.0835 e. The molecule has 0 spiro atoms. The van der Waals surface area contributed by atoms with Gasteiger partial charge in [0.15, 0.2) is 0 Å². The number of hydrogen-bond donors (Lipinski definition) is 0. The van der Waals surface area contributed by atoms with E-state index in [1.807, 2.05) is 0 Å². The summed E-state index contributed by atoms with van der Waals surface area (Å²) in [5, 5.41) is 0. The Morgan fingerprint density at radius 1 is 0.929 bits per heavy atom. The Hall–Kier alpha value is -0.0800. The third kappa shape index (κ3) is 2.71. The van der Waals surface area contributed by atoms with Gasteiger partial charge >= 0.3 is 0 Å². The average Bonchev–Trinajstić information content (AvgIpc) is 2.15. The van der Waals surface area contributed by atoms with Crippen LogP contribution in [0.1, 0.15) is 40.0 Å². The zero-order chi connectivity index (χ0) is 10.8. The van der Waals surface area contributed by atoms with E-state index in [0.29, 0.717) is 11.5 Å². The van der Waals surface area contributed by atoms with E-state index >= 15 is 0 Å². The van der Waals surface area contributed by atoms with Crippen LogP contribution in [0.15, 0.2) is 0 Å². The molecule has 0 aromatic carbocycles. The summed E-state index contributed by atoms with van der Waals surface area (Å²) in [7, 11) is 3.58. The molecule has 3 unspecified atom stereocenters. The van der Waals surface area contributed by atoms with Gasteiger partial charge in [0.05, 0.1) is 12.2 Å². The molecule has 0 N–H and O–H groups in total. The Bertz CT molecular complexity index is 172. The Morgan fingerprint density at radius 2 is 1.50 bits per heavy atom. The lowest BCUT2D eigenvalue weighted by atomic mass is 9.71. The molecule has 1 aliphatic rings. The van der Waals surface area contributed by atoms with Crippen molar-refractivity contribution < 1.29 is 9.47 Å². The van der Waals surface area contributed by atoms with Gasteiger partial charge in [-0.25, -0.2) is 0 Å². The molecule has 84 valence electrons.